The van der Waals surface area contributed by atoms with Gasteiger partial charge in [0.1, 0.15) is 0 Å². The van der Waals surface area contributed by atoms with E-state index in [0.29, 0.717) is 18.2 Å². The third kappa shape index (κ3) is 4.16. The van der Waals surface area contributed by atoms with Gasteiger partial charge in [0.05, 0.1) is 0 Å². The van der Waals surface area contributed by atoms with Crippen LogP contribution in [-0.4, -0.2) is 53.7 Å². The van der Waals surface area contributed by atoms with Gasteiger partial charge in [-0.25, -0.2) is 0 Å². The maximum atomic E-state index is 12.3. The zero-order chi connectivity index (χ0) is 16.1. The van der Waals surface area contributed by atoms with Crippen LogP contribution in [-0.2, 0) is 0 Å². The van der Waals surface area contributed by atoms with Crippen molar-refractivity contribution in [3.8, 4) is 0 Å². The summed E-state index contributed by atoms with van der Waals surface area (Å²) in [6.07, 6.45) is 3.18. The van der Waals surface area contributed by atoms with E-state index in [2.05, 4.69) is 28.9 Å². The third-order valence-corrected chi connectivity index (χ3v) is 4.30. The standard InChI is InChI=1S/C16H27N5O/c1-12(2)13(17)8-11-20(3)16(22)14-6-7-15(19-18-14)21-9-4-5-10-21/h6-7,12-13H,4-5,8-11,17H2,1-3H3. The number of nitrogens with two attached hydrogens (primary N) is 1. The van der Waals surface area contributed by atoms with Crippen molar-refractivity contribution >= 4 is 11.7 Å². The highest BCUT2D eigenvalue weighted by Crippen LogP contribution is 2.16. The van der Waals surface area contributed by atoms with Crippen LogP contribution in [0.1, 0.15) is 43.6 Å². The minimum Gasteiger partial charge on any atom is -0.355 e. The number of hydrogen-bond donors (Lipinski definition) is 1. The van der Waals surface area contributed by atoms with Gasteiger partial charge in [0.25, 0.3) is 5.91 Å². The number of anilines is 1. The molecule has 1 atom stereocenters. The lowest BCUT2D eigenvalue weighted by Gasteiger charge is -2.21. The van der Waals surface area contributed by atoms with Crippen molar-refractivity contribution in [1.82, 2.24) is 15.1 Å². The Bertz CT molecular complexity index is 482. The van der Waals surface area contributed by atoms with E-state index in [9.17, 15) is 4.79 Å². The Morgan fingerprint density at radius 3 is 2.55 bits per heavy atom. The molecule has 22 heavy (non-hydrogen) atoms. The topological polar surface area (TPSA) is 75.3 Å². The second-order valence-corrected chi connectivity index (χ2v) is 6.39. The summed E-state index contributed by atoms with van der Waals surface area (Å²) in [5, 5.41) is 8.28. The highest BCUT2D eigenvalue weighted by atomic mass is 16.2. The Labute approximate surface area is 132 Å². The predicted octanol–water partition coefficient (Wildman–Crippen LogP) is 1.52. The van der Waals surface area contributed by atoms with Crippen molar-refractivity contribution in [3.63, 3.8) is 0 Å². The lowest BCUT2D eigenvalue weighted by Crippen LogP contribution is -2.35. The minimum atomic E-state index is -0.101. The fourth-order valence-corrected chi connectivity index (χ4v) is 2.53. The van der Waals surface area contributed by atoms with Gasteiger partial charge in [0.15, 0.2) is 11.5 Å². The normalized spacial score (nSPS) is 16.1. The lowest BCUT2D eigenvalue weighted by molar-refractivity contribution is 0.0782. The number of hydrogen-bond acceptors (Lipinski definition) is 5. The summed E-state index contributed by atoms with van der Waals surface area (Å²) in [6, 6.07) is 3.76. The molecule has 2 N–H and O–H groups in total. The van der Waals surface area contributed by atoms with E-state index < -0.39 is 0 Å². The van der Waals surface area contributed by atoms with Crippen molar-refractivity contribution in [3.05, 3.63) is 17.8 Å². The molecule has 1 aliphatic heterocycles. The first-order valence-corrected chi connectivity index (χ1v) is 8.08. The summed E-state index contributed by atoms with van der Waals surface area (Å²) >= 11 is 0. The molecule has 0 bridgehead atoms. The molecule has 6 nitrogen and oxygen atoms in total. The lowest BCUT2D eigenvalue weighted by atomic mass is 10.0. The van der Waals surface area contributed by atoms with Gasteiger partial charge in [0.2, 0.25) is 0 Å². The van der Waals surface area contributed by atoms with Gasteiger partial charge in [-0.15, -0.1) is 10.2 Å². The third-order valence-electron chi connectivity index (χ3n) is 4.30. The van der Waals surface area contributed by atoms with Gasteiger partial charge in [-0.05, 0) is 37.3 Å². The summed E-state index contributed by atoms with van der Waals surface area (Å²) in [4.78, 5) is 16.2. The van der Waals surface area contributed by atoms with Crippen LogP contribution in [0.5, 0.6) is 0 Å². The summed E-state index contributed by atoms with van der Waals surface area (Å²) in [7, 11) is 1.78. The van der Waals surface area contributed by atoms with Gasteiger partial charge in [-0.1, -0.05) is 13.8 Å². The van der Waals surface area contributed by atoms with Crippen molar-refractivity contribution in [2.45, 2.75) is 39.2 Å². The monoisotopic (exact) mass is 305 g/mol. The van der Waals surface area contributed by atoms with Gasteiger partial charge >= 0.3 is 0 Å². The molecule has 6 heteroatoms. The Kier molecular flexibility index (Phi) is 5.71. The molecule has 1 aliphatic rings. The van der Waals surface area contributed by atoms with Crippen molar-refractivity contribution < 1.29 is 4.79 Å². The average Bonchev–Trinajstić information content (AvgIpc) is 3.06. The second kappa shape index (κ2) is 7.54. The first kappa shape index (κ1) is 16.7. The zero-order valence-corrected chi connectivity index (χ0v) is 13.8. The fourth-order valence-electron chi connectivity index (χ4n) is 2.53. The average molecular weight is 305 g/mol. The number of carbonyl (C=O) groups excluding carboxylic acids is 1. The van der Waals surface area contributed by atoms with E-state index in [1.807, 2.05) is 6.07 Å². The largest absolute Gasteiger partial charge is 0.355 e. The second-order valence-electron chi connectivity index (χ2n) is 6.39. The summed E-state index contributed by atoms with van der Waals surface area (Å²) in [6.45, 7) is 6.86. The summed E-state index contributed by atoms with van der Waals surface area (Å²) in [5.74, 6) is 1.18. The fraction of sp³-hybridized carbons (Fsp3) is 0.688. The molecular formula is C16H27N5O. The molecule has 0 saturated carbocycles. The Balaban J connectivity index is 1.91. The van der Waals surface area contributed by atoms with Crippen molar-refractivity contribution in [2.24, 2.45) is 11.7 Å². The van der Waals surface area contributed by atoms with Crippen LogP contribution in [0.2, 0.25) is 0 Å². The van der Waals surface area contributed by atoms with Crippen LogP contribution >= 0.6 is 0 Å². The molecule has 1 unspecified atom stereocenters. The number of carbonyl (C=O) groups is 1. The van der Waals surface area contributed by atoms with E-state index >= 15 is 0 Å². The van der Waals surface area contributed by atoms with Crippen molar-refractivity contribution in [2.75, 3.05) is 31.6 Å². The Morgan fingerprint density at radius 1 is 1.32 bits per heavy atom. The first-order chi connectivity index (χ1) is 10.5. The molecule has 0 aliphatic carbocycles. The summed E-state index contributed by atoms with van der Waals surface area (Å²) < 4.78 is 0. The van der Waals surface area contributed by atoms with Crippen LogP contribution < -0.4 is 10.6 Å². The Morgan fingerprint density at radius 2 is 2.00 bits per heavy atom. The van der Waals surface area contributed by atoms with Crippen molar-refractivity contribution in [1.29, 1.82) is 0 Å². The molecule has 122 valence electrons. The van der Waals surface area contributed by atoms with E-state index in [0.717, 1.165) is 25.3 Å². The predicted molar refractivity (Wildman–Crippen MR) is 87.9 cm³/mol. The molecule has 2 rings (SSSR count). The SMILES string of the molecule is CC(C)C(N)CCN(C)C(=O)c1ccc(N2CCCC2)nn1. The molecule has 2 heterocycles. The zero-order valence-electron chi connectivity index (χ0n) is 13.8. The molecule has 1 fully saturated rings. The van der Waals surface area contributed by atoms with Gasteiger partial charge in [-0.3, -0.25) is 4.79 Å². The molecule has 0 radical (unpaired) electrons. The highest BCUT2D eigenvalue weighted by molar-refractivity contribution is 5.92. The number of amides is 1. The van der Waals surface area contributed by atoms with E-state index in [1.54, 1.807) is 18.0 Å². The van der Waals surface area contributed by atoms with Crippen LogP contribution in [0.25, 0.3) is 0 Å². The quantitative estimate of drug-likeness (QED) is 0.862. The number of nitrogens with zero attached hydrogens (tertiary/aromatic N) is 4. The molecular weight excluding hydrogens is 278 g/mol. The number of rotatable bonds is 6. The van der Waals surface area contributed by atoms with Gasteiger partial charge < -0.3 is 15.5 Å². The molecule has 0 aromatic carbocycles. The van der Waals surface area contributed by atoms with Crippen LogP contribution in [0.4, 0.5) is 5.82 Å². The summed E-state index contributed by atoms with van der Waals surface area (Å²) in [5.41, 5.74) is 6.41. The van der Waals surface area contributed by atoms with Crippen LogP contribution in [0.3, 0.4) is 0 Å². The number of aromatic nitrogens is 2. The molecule has 1 aromatic rings. The van der Waals surface area contributed by atoms with E-state index in [1.165, 1.54) is 12.8 Å². The highest BCUT2D eigenvalue weighted by Gasteiger charge is 2.18. The molecule has 0 spiro atoms. The smallest absolute Gasteiger partial charge is 0.274 e. The van der Waals surface area contributed by atoms with E-state index in [4.69, 9.17) is 5.73 Å². The van der Waals surface area contributed by atoms with Gasteiger partial charge in [-0.2, -0.15) is 0 Å². The minimum absolute atomic E-state index is 0.101. The molecule has 1 aromatic heterocycles. The van der Waals surface area contributed by atoms with Crippen LogP contribution in [0.15, 0.2) is 12.1 Å². The maximum Gasteiger partial charge on any atom is 0.274 e. The van der Waals surface area contributed by atoms with Crippen LogP contribution in [0, 0.1) is 5.92 Å². The van der Waals surface area contributed by atoms with E-state index in [-0.39, 0.29) is 11.9 Å². The maximum absolute atomic E-state index is 12.3. The first-order valence-electron chi connectivity index (χ1n) is 8.08. The molecule has 1 saturated heterocycles. The Hall–Kier alpha value is -1.69. The van der Waals surface area contributed by atoms with Gasteiger partial charge in [0, 0.05) is 32.7 Å². The molecule has 1 amide bonds.